The number of hydrogen-bond donors (Lipinski definition) is 2. The third-order valence-electron chi connectivity index (χ3n) is 2.85. The molecule has 0 unspecified atom stereocenters. The molecule has 0 aliphatic rings. The number of hydrogen-bond acceptors (Lipinski definition) is 2. The van der Waals surface area contributed by atoms with Crippen LogP contribution in [0.5, 0.6) is 0 Å². The van der Waals surface area contributed by atoms with Gasteiger partial charge in [0.25, 0.3) is 0 Å². The fourth-order valence-corrected chi connectivity index (χ4v) is 1.66. The van der Waals surface area contributed by atoms with Gasteiger partial charge in [-0.3, -0.25) is 4.79 Å². The molecule has 0 heterocycles. The van der Waals surface area contributed by atoms with Crippen molar-refractivity contribution in [2.75, 3.05) is 6.54 Å². The summed E-state index contributed by atoms with van der Waals surface area (Å²) in [7, 11) is 0. The molecule has 0 amide bonds. The second kappa shape index (κ2) is 15.1. The molecule has 0 aromatic rings. The van der Waals surface area contributed by atoms with Gasteiger partial charge >= 0.3 is 57.4 Å². The Labute approximate surface area is 149 Å². The van der Waals surface area contributed by atoms with Crippen molar-refractivity contribution in [1.29, 1.82) is 0 Å². The van der Waals surface area contributed by atoms with E-state index in [0.717, 1.165) is 13.0 Å². The average molecular weight is 269 g/mol. The molecule has 0 aliphatic carbocycles. The number of carboxylic acids is 1. The zero-order chi connectivity index (χ0) is 12.2. The zero-order valence-electron chi connectivity index (χ0n) is 10.8. The molecule has 0 bridgehead atoms. The third kappa shape index (κ3) is 15.0. The van der Waals surface area contributed by atoms with Gasteiger partial charge in [0.05, 0.1) is 0 Å². The Kier molecular flexibility index (Phi) is 18.1. The number of carboxylic acid groups (broad SMARTS) is 1. The number of aliphatic carboxylic acids is 1. The van der Waals surface area contributed by atoms with Crippen molar-refractivity contribution in [2.45, 2.75) is 71.3 Å². The van der Waals surface area contributed by atoms with Crippen LogP contribution in [0.3, 0.4) is 0 Å². The normalized spacial score (nSPS) is 11.9. The third-order valence-corrected chi connectivity index (χ3v) is 2.85. The van der Waals surface area contributed by atoms with Crippen molar-refractivity contribution in [3.8, 4) is 0 Å². The van der Waals surface area contributed by atoms with Crippen molar-refractivity contribution in [3.05, 3.63) is 0 Å². The monoisotopic (exact) mass is 269 g/mol. The minimum atomic E-state index is -0.764. The summed E-state index contributed by atoms with van der Waals surface area (Å²) in [5.74, 6) is -0.764. The van der Waals surface area contributed by atoms with Crippen LogP contribution in [0, 0.1) is 0 Å². The van der Waals surface area contributed by atoms with Crippen LogP contribution in [0.15, 0.2) is 0 Å². The van der Waals surface area contributed by atoms with Crippen molar-refractivity contribution < 1.29 is 9.90 Å². The van der Waals surface area contributed by atoms with Gasteiger partial charge in [0.1, 0.15) is 6.04 Å². The molecule has 98 valence electrons. The van der Waals surface area contributed by atoms with Gasteiger partial charge in [0.15, 0.2) is 0 Å². The van der Waals surface area contributed by atoms with Gasteiger partial charge in [-0.25, -0.2) is 0 Å². The molecule has 17 heavy (non-hydrogen) atoms. The first-order chi connectivity index (χ1) is 7.68. The summed E-state index contributed by atoms with van der Waals surface area (Å²) in [6.07, 6.45) is 10.3. The second-order valence-corrected chi connectivity index (χ2v) is 4.49. The Balaban J connectivity index is 0. The first-order valence-corrected chi connectivity index (χ1v) is 6.64. The van der Waals surface area contributed by atoms with E-state index >= 15 is 0 Å². The molecule has 1 atom stereocenters. The Morgan fingerprint density at radius 3 is 2.00 bits per heavy atom. The number of unbranched alkanes of at least 4 members (excludes halogenated alkanes) is 7. The van der Waals surface area contributed by atoms with E-state index in [1.54, 1.807) is 6.92 Å². The molecule has 0 saturated carbocycles. The van der Waals surface area contributed by atoms with E-state index in [2.05, 4.69) is 12.2 Å². The van der Waals surface area contributed by atoms with Crippen LogP contribution in [0.4, 0.5) is 0 Å². The summed E-state index contributed by atoms with van der Waals surface area (Å²) in [5, 5.41) is 11.6. The van der Waals surface area contributed by atoms with Crippen molar-refractivity contribution >= 4 is 57.4 Å². The van der Waals surface area contributed by atoms with Crippen LogP contribution in [0.25, 0.3) is 0 Å². The first kappa shape index (κ1) is 20.4. The fourth-order valence-electron chi connectivity index (χ4n) is 1.66. The molecule has 0 fully saturated rings. The van der Waals surface area contributed by atoms with Crippen molar-refractivity contribution in [2.24, 2.45) is 0 Å². The molecule has 0 radical (unpaired) electrons. The Bertz CT molecular complexity index is 177. The second-order valence-electron chi connectivity index (χ2n) is 4.49. The minimum absolute atomic E-state index is 0. The van der Waals surface area contributed by atoms with Crippen LogP contribution in [0.1, 0.15) is 65.2 Å². The summed E-state index contributed by atoms with van der Waals surface area (Å²) in [6.45, 7) is 4.74. The number of rotatable bonds is 11. The Hall–Kier alpha value is 1.07. The Morgan fingerprint density at radius 1 is 1.06 bits per heavy atom. The van der Waals surface area contributed by atoms with E-state index in [1.807, 2.05) is 0 Å². The van der Waals surface area contributed by atoms with Crippen LogP contribution in [0.2, 0.25) is 0 Å². The summed E-state index contributed by atoms with van der Waals surface area (Å²) in [5.41, 5.74) is 0. The van der Waals surface area contributed by atoms with E-state index < -0.39 is 12.0 Å². The van der Waals surface area contributed by atoms with Gasteiger partial charge < -0.3 is 10.4 Å². The Morgan fingerprint density at radius 2 is 1.53 bits per heavy atom. The van der Waals surface area contributed by atoms with Crippen molar-refractivity contribution in [3.63, 3.8) is 0 Å². The first-order valence-electron chi connectivity index (χ1n) is 6.64. The van der Waals surface area contributed by atoms with E-state index in [9.17, 15) is 4.79 Å². The van der Waals surface area contributed by atoms with Crippen LogP contribution >= 0.6 is 0 Å². The van der Waals surface area contributed by atoms with Gasteiger partial charge in [-0.05, 0) is 19.9 Å². The fraction of sp³-hybridized carbons (Fsp3) is 0.923. The maximum atomic E-state index is 10.5. The molecule has 3 nitrogen and oxygen atoms in total. The van der Waals surface area contributed by atoms with E-state index in [0.29, 0.717) is 0 Å². The van der Waals surface area contributed by atoms with Gasteiger partial charge in [0, 0.05) is 0 Å². The standard InChI is InChI=1S/C13H27NO2.K.H/c1-3-4-5-6-7-8-9-10-11-14-12(2)13(15)16;;/h12,14H,3-11H2,1-2H3,(H,15,16);;/t12-;;/m0../s1. The summed E-state index contributed by atoms with van der Waals surface area (Å²) < 4.78 is 0. The maximum absolute atomic E-state index is 10.5. The molecule has 0 spiro atoms. The molecule has 0 aromatic carbocycles. The molecule has 4 heteroatoms. The number of carbonyl (C=O) groups is 1. The van der Waals surface area contributed by atoms with E-state index in [-0.39, 0.29) is 51.4 Å². The van der Waals surface area contributed by atoms with Gasteiger partial charge in [0.2, 0.25) is 0 Å². The van der Waals surface area contributed by atoms with Crippen LogP contribution in [-0.2, 0) is 4.79 Å². The van der Waals surface area contributed by atoms with E-state index in [4.69, 9.17) is 5.11 Å². The molecule has 0 aromatic heterocycles. The predicted octanol–water partition coefficient (Wildman–Crippen LogP) is 2.54. The average Bonchev–Trinajstić information content (AvgIpc) is 2.26. The van der Waals surface area contributed by atoms with Gasteiger partial charge in [-0.15, -0.1) is 0 Å². The molecule has 2 N–H and O–H groups in total. The molecule has 0 rings (SSSR count). The molecular formula is C13H28KNO2. The number of nitrogens with one attached hydrogen (secondary N) is 1. The molecule has 0 saturated heterocycles. The zero-order valence-corrected chi connectivity index (χ0v) is 10.8. The summed E-state index contributed by atoms with van der Waals surface area (Å²) >= 11 is 0. The molecular weight excluding hydrogens is 241 g/mol. The summed E-state index contributed by atoms with van der Waals surface area (Å²) in [4.78, 5) is 10.5. The summed E-state index contributed by atoms with van der Waals surface area (Å²) in [6, 6.07) is -0.412. The van der Waals surface area contributed by atoms with Gasteiger partial charge in [-0.1, -0.05) is 51.9 Å². The van der Waals surface area contributed by atoms with Crippen LogP contribution < -0.4 is 5.32 Å². The SMILES string of the molecule is CCCCCCCCCCN[C@@H](C)C(=O)O.[KH]. The van der Waals surface area contributed by atoms with Crippen LogP contribution in [-0.4, -0.2) is 75.0 Å². The van der Waals surface area contributed by atoms with E-state index in [1.165, 1.54) is 44.9 Å². The molecule has 0 aliphatic heterocycles. The quantitative estimate of drug-likeness (QED) is 0.448. The predicted molar refractivity (Wildman–Crippen MR) is 74.9 cm³/mol. The van der Waals surface area contributed by atoms with Gasteiger partial charge in [-0.2, -0.15) is 0 Å². The van der Waals surface area contributed by atoms with Crippen molar-refractivity contribution in [1.82, 2.24) is 5.32 Å². The topological polar surface area (TPSA) is 49.3 Å².